The van der Waals surface area contributed by atoms with Gasteiger partial charge in [0.05, 0.1) is 31.0 Å². The number of nitrogens with one attached hydrogen (secondary N) is 1. The van der Waals surface area contributed by atoms with Crippen molar-refractivity contribution in [2.75, 3.05) is 32.6 Å². The minimum absolute atomic E-state index is 0.137. The summed E-state index contributed by atoms with van der Waals surface area (Å²) in [5.41, 5.74) is 0.997. The Morgan fingerprint density at radius 1 is 0.970 bits per heavy atom. The van der Waals surface area contributed by atoms with E-state index in [1.807, 2.05) is 12.1 Å². The molecular formula is C25H27N3O5. The Labute approximate surface area is 191 Å². The van der Waals surface area contributed by atoms with Crippen molar-refractivity contribution in [2.24, 2.45) is 0 Å². The summed E-state index contributed by atoms with van der Waals surface area (Å²) in [5.74, 6) is 0.520. The predicted octanol–water partition coefficient (Wildman–Crippen LogP) is 3.28. The summed E-state index contributed by atoms with van der Waals surface area (Å²) in [6.45, 7) is 1.19. The number of benzene rings is 2. The lowest BCUT2D eigenvalue weighted by Crippen LogP contribution is -2.37. The fourth-order valence-corrected chi connectivity index (χ4v) is 4.18. The third-order valence-corrected chi connectivity index (χ3v) is 5.88. The Hall–Kier alpha value is -3.81. The summed E-state index contributed by atoms with van der Waals surface area (Å²) in [6.07, 6.45) is 3.05. The summed E-state index contributed by atoms with van der Waals surface area (Å²) >= 11 is 0. The highest BCUT2D eigenvalue weighted by Crippen LogP contribution is 2.29. The molecule has 2 heterocycles. The molecule has 0 spiro atoms. The molecule has 172 valence electrons. The van der Waals surface area contributed by atoms with E-state index in [4.69, 9.17) is 9.47 Å². The van der Waals surface area contributed by atoms with Gasteiger partial charge in [-0.1, -0.05) is 18.2 Å². The number of fused-ring (bicyclic) bond motifs is 1. The number of hydrogen-bond donors (Lipinski definition) is 1. The van der Waals surface area contributed by atoms with Crippen LogP contribution >= 0.6 is 0 Å². The molecule has 0 radical (unpaired) electrons. The first-order valence-corrected chi connectivity index (χ1v) is 11.0. The van der Waals surface area contributed by atoms with Crippen LogP contribution in [0, 0.1) is 0 Å². The number of hydrogen-bond acceptors (Lipinski definition) is 5. The van der Waals surface area contributed by atoms with Gasteiger partial charge in [0.15, 0.2) is 0 Å². The van der Waals surface area contributed by atoms with Gasteiger partial charge in [-0.3, -0.25) is 19.0 Å². The zero-order chi connectivity index (χ0) is 23.4. The van der Waals surface area contributed by atoms with Gasteiger partial charge in [0.2, 0.25) is 5.91 Å². The van der Waals surface area contributed by atoms with Crippen LogP contribution in [0.15, 0.2) is 53.3 Å². The van der Waals surface area contributed by atoms with Gasteiger partial charge in [0.1, 0.15) is 18.0 Å². The predicted molar refractivity (Wildman–Crippen MR) is 126 cm³/mol. The van der Waals surface area contributed by atoms with Crippen LogP contribution in [0.5, 0.6) is 11.5 Å². The van der Waals surface area contributed by atoms with Crippen LogP contribution in [0.4, 0.5) is 5.69 Å². The standard InChI is InChI=1S/C25H27N3O5/c1-32-17-10-11-20(22(14-17)33-2)26-23(29)16-28-21-9-5-4-8-18(21)19(15-24(28)30)25(31)27-12-6-3-7-13-27/h4-5,8-11,14-15H,3,6-7,12-13,16H2,1-2H3,(H,26,29). The highest BCUT2D eigenvalue weighted by Gasteiger charge is 2.22. The molecule has 1 fully saturated rings. The maximum Gasteiger partial charge on any atom is 0.254 e. The second-order valence-electron chi connectivity index (χ2n) is 7.97. The minimum Gasteiger partial charge on any atom is -0.497 e. The Morgan fingerprint density at radius 3 is 2.45 bits per heavy atom. The lowest BCUT2D eigenvalue weighted by molar-refractivity contribution is -0.116. The summed E-state index contributed by atoms with van der Waals surface area (Å²) in [5, 5.41) is 3.44. The number of amides is 2. The lowest BCUT2D eigenvalue weighted by Gasteiger charge is -2.27. The quantitative estimate of drug-likeness (QED) is 0.624. The number of pyridine rings is 1. The van der Waals surface area contributed by atoms with Crippen molar-refractivity contribution in [3.05, 3.63) is 64.4 Å². The monoisotopic (exact) mass is 449 g/mol. The molecule has 0 bridgehead atoms. The van der Waals surface area contributed by atoms with Crippen LogP contribution in [-0.2, 0) is 11.3 Å². The van der Waals surface area contributed by atoms with Crippen molar-refractivity contribution in [3.8, 4) is 11.5 Å². The average molecular weight is 450 g/mol. The molecule has 8 heteroatoms. The van der Waals surface area contributed by atoms with Crippen molar-refractivity contribution in [1.82, 2.24) is 9.47 Å². The lowest BCUT2D eigenvalue weighted by atomic mass is 10.0. The van der Waals surface area contributed by atoms with Gasteiger partial charge < -0.3 is 19.7 Å². The zero-order valence-electron chi connectivity index (χ0n) is 18.8. The second kappa shape index (κ2) is 9.77. The molecule has 0 saturated carbocycles. The Balaban J connectivity index is 1.64. The fourth-order valence-electron chi connectivity index (χ4n) is 4.18. The molecule has 0 aliphatic carbocycles. The first-order chi connectivity index (χ1) is 16.0. The molecule has 8 nitrogen and oxygen atoms in total. The molecule has 2 amide bonds. The van der Waals surface area contributed by atoms with E-state index in [1.165, 1.54) is 17.7 Å². The molecule has 2 aromatic carbocycles. The van der Waals surface area contributed by atoms with E-state index in [9.17, 15) is 14.4 Å². The zero-order valence-corrected chi connectivity index (χ0v) is 18.8. The van der Waals surface area contributed by atoms with E-state index < -0.39 is 5.56 Å². The van der Waals surface area contributed by atoms with E-state index in [0.717, 1.165) is 19.3 Å². The van der Waals surface area contributed by atoms with Gasteiger partial charge >= 0.3 is 0 Å². The number of aromatic nitrogens is 1. The first kappa shape index (κ1) is 22.4. The molecule has 1 saturated heterocycles. The van der Waals surface area contributed by atoms with Crippen molar-refractivity contribution >= 4 is 28.4 Å². The van der Waals surface area contributed by atoms with Crippen LogP contribution in [0.25, 0.3) is 10.9 Å². The smallest absolute Gasteiger partial charge is 0.254 e. The molecule has 33 heavy (non-hydrogen) atoms. The van der Waals surface area contributed by atoms with Crippen molar-refractivity contribution in [1.29, 1.82) is 0 Å². The molecule has 0 unspecified atom stereocenters. The van der Waals surface area contributed by atoms with Crippen LogP contribution < -0.4 is 20.3 Å². The number of ether oxygens (including phenoxy) is 2. The van der Waals surface area contributed by atoms with E-state index in [0.29, 0.717) is 46.7 Å². The summed E-state index contributed by atoms with van der Waals surface area (Å²) in [4.78, 5) is 40.8. The van der Waals surface area contributed by atoms with Gasteiger partial charge in [-0.15, -0.1) is 0 Å². The van der Waals surface area contributed by atoms with Crippen LogP contribution in [0.3, 0.4) is 0 Å². The average Bonchev–Trinajstić information content (AvgIpc) is 2.85. The van der Waals surface area contributed by atoms with E-state index in [-0.39, 0.29) is 18.4 Å². The number of rotatable bonds is 6. The summed E-state index contributed by atoms with van der Waals surface area (Å²) < 4.78 is 11.9. The number of piperidine rings is 1. The Bertz CT molecular complexity index is 1240. The SMILES string of the molecule is COc1ccc(NC(=O)Cn2c(=O)cc(C(=O)N3CCCCC3)c3ccccc32)c(OC)c1. The third-order valence-electron chi connectivity index (χ3n) is 5.88. The van der Waals surface area contributed by atoms with Crippen molar-refractivity contribution < 1.29 is 19.1 Å². The molecule has 1 aliphatic rings. The van der Waals surface area contributed by atoms with Gasteiger partial charge in [-0.2, -0.15) is 0 Å². The number of para-hydroxylation sites is 1. The summed E-state index contributed by atoms with van der Waals surface area (Å²) in [7, 11) is 3.05. The largest absolute Gasteiger partial charge is 0.497 e. The number of likely N-dealkylation sites (tertiary alicyclic amines) is 1. The molecule has 0 atom stereocenters. The van der Waals surface area contributed by atoms with Gasteiger partial charge in [0, 0.05) is 30.6 Å². The number of anilines is 1. The van der Waals surface area contributed by atoms with Crippen molar-refractivity contribution in [2.45, 2.75) is 25.8 Å². The maximum absolute atomic E-state index is 13.1. The molecule has 1 aliphatic heterocycles. The van der Waals surface area contributed by atoms with Crippen LogP contribution in [0.2, 0.25) is 0 Å². The van der Waals surface area contributed by atoms with Crippen molar-refractivity contribution in [3.63, 3.8) is 0 Å². The fraction of sp³-hybridized carbons (Fsp3) is 0.320. The van der Waals surface area contributed by atoms with Gasteiger partial charge in [-0.25, -0.2) is 0 Å². The maximum atomic E-state index is 13.1. The van der Waals surface area contributed by atoms with E-state index >= 15 is 0 Å². The normalized spacial score (nSPS) is 13.6. The molecule has 4 rings (SSSR count). The van der Waals surface area contributed by atoms with E-state index in [2.05, 4.69) is 5.32 Å². The van der Waals surface area contributed by atoms with Crippen LogP contribution in [0.1, 0.15) is 29.6 Å². The number of nitrogens with zero attached hydrogens (tertiary/aromatic N) is 2. The Morgan fingerprint density at radius 2 is 1.73 bits per heavy atom. The number of carbonyl (C=O) groups is 2. The van der Waals surface area contributed by atoms with E-state index in [1.54, 1.807) is 42.3 Å². The third kappa shape index (κ3) is 4.69. The molecule has 1 aromatic heterocycles. The summed E-state index contributed by atoms with van der Waals surface area (Å²) in [6, 6.07) is 13.6. The second-order valence-corrected chi connectivity index (χ2v) is 7.97. The molecular weight excluding hydrogens is 422 g/mol. The highest BCUT2D eigenvalue weighted by atomic mass is 16.5. The topological polar surface area (TPSA) is 89.9 Å². The Kier molecular flexibility index (Phi) is 6.63. The molecule has 1 N–H and O–H groups in total. The molecule has 3 aromatic rings. The minimum atomic E-state index is -0.397. The number of carbonyl (C=O) groups excluding carboxylic acids is 2. The first-order valence-electron chi connectivity index (χ1n) is 11.0. The van der Waals surface area contributed by atoms with Gasteiger partial charge in [-0.05, 0) is 37.5 Å². The van der Waals surface area contributed by atoms with Gasteiger partial charge in [0.25, 0.3) is 11.5 Å². The highest BCUT2D eigenvalue weighted by molar-refractivity contribution is 6.06. The van der Waals surface area contributed by atoms with Crippen LogP contribution in [-0.4, -0.2) is 48.6 Å². The number of methoxy groups -OCH3 is 2.